The maximum absolute atomic E-state index is 2.25. The lowest BCUT2D eigenvalue weighted by atomic mass is 10.3. The Labute approximate surface area is 197 Å². The number of hydrogen-bond donors (Lipinski definition) is 0. The third-order valence-electron chi connectivity index (χ3n) is 5.14. The number of aromatic nitrogens is 3. The fourth-order valence-corrected chi connectivity index (χ4v) is 3.09. The van der Waals surface area contributed by atoms with Crippen LogP contribution in [0.5, 0.6) is 0 Å². The molecule has 174 valence electrons. The van der Waals surface area contributed by atoms with E-state index in [0.717, 1.165) is 19.6 Å². The van der Waals surface area contributed by atoms with E-state index in [2.05, 4.69) is 129 Å². The Morgan fingerprint density at radius 2 is 0.969 bits per heavy atom. The Kier molecular flexibility index (Phi) is 14.7. The molecule has 0 aliphatic rings. The highest BCUT2D eigenvalue weighted by Crippen LogP contribution is 1.92. The summed E-state index contributed by atoms with van der Waals surface area (Å²) in [4.78, 5) is 0. The molecule has 0 spiro atoms. The van der Waals surface area contributed by atoms with E-state index < -0.39 is 0 Å². The Hall–Kier alpha value is -2.55. The molecule has 3 rings (SSSR count). The number of unbranched alkanes of at least 4 members (excludes halogenated alkanes) is 2. The second-order valence-electron chi connectivity index (χ2n) is 8.55. The van der Waals surface area contributed by atoms with Crippen LogP contribution in [0.2, 0.25) is 0 Å². The minimum absolute atomic E-state index is 1.13. The van der Waals surface area contributed by atoms with E-state index in [9.17, 15) is 0 Å². The van der Waals surface area contributed by atoms with E-state index in [1.54, 1.807) is 0 Å². The molecule has 0 aliphatic carbocycles. The lowest BCUT2D eigenvalue weighted by Crippen LogP contribution is -2.32. The summed E-state index contributed by atoms with van der Waals surface area (Å²) in [5.74, 6) is 0. The molecule has 0 unspecified atom stereocenters. The van der Waals surface area contributed by atoms with E-state index in [-0.39, 0.29) is 0 Å². The number of pyridine rings is 3. The summed E-state index contributed by atoms with van der Waals surface area (Å²) in [7, 11) is 0. The minimum Gasteiger partial charge on any atom is -0.205 e. The fraction of sp³-hybridized carbons (Fsp3) is 0.483. The van der Waals surface area contributed by atoms with Crippen molar-refractivity contribution in [3.63, 3.8) is 0 Å². The van der Waals surface area contributed by atoms with Crippen molar-refractivity contribution in [1.29, 1.82) is 0 Å². The van der Waals surface area contributed by atoms with Crippen LogP contribution >= 0.6 is 0 Å². The zero-order chi connectivity index (χ0) is 23.6. The number of rotatable bonds is 8. The summed E-state index contributed by atoms with van der Waals surface area (Å²) < 4.78 is 6.68. The van der Waals surface area contributed by atoms with Crippen LogP contribution in [0.3, 0.4) is 0 Å². The summed E-state index contributed by atoms with van der Waals surface area (Å²) in [5.41, 5.74) is 3.99. The van der Waals surface area contributed by atoms with Crippen LogP contribution in [0.15, 0.2) is 73.6 Å². The van der Waals surface area contributed by atoms with Crippen molar-refractivity contribution in [2.24, 2.45) is 0 Å². The van der Waals surface area contributed by atoms with Gasteiger partial charge in [-0.05, 0) is 38.0 Å². The Balaban J connectivity index is 0.000000240. The van der Waals surface area contributed by atoms with Crippen LogP contribution in [0.4, 0.5) is 0 Å². The molecule has 0 N–H and O–H groups in total. The molecule has 0 atom stereocenters. The predicted molar refractivity (Wildman–Crippen MR) is 134 cm³/mol. The highest BCUT2D eigenvalue weighted by Gasteiger charge is 1.98. The second-order valence-corrected chi connectivity index (χ2v) is 8.55. The van der Waals surface area contributed by atoms with Gasteiger partial charge in [0.1, 0.15) is 19.6 Å². The Bertz CT molecular complexity index is 839. The normalized spacial score (nSPS) is 9.94. The molecule has 0 saturated carbocycles. The first-order valence-electron chi connectivity index (χ1n) is 12.4. The quantitative estimate of drug-likeness (QED) is 0.392. The molecule has 32 heavy (non-hydrogen) atoms. The van der Waals surface area contributed by atoms with Gasteiger partial charge in [0.15, 0.2) is 37.2 Å². The molecule has 0 radical (unpaired) electrons. The van der Waals surface area contributed by atoms with E-state index >= 15 is 0 Å². The third-order valence-corrected chi connectivity index (χ3v) is 5.14. The van der Waals surface area contributed by atoms with Crippen molar-refractivity contribution in [2.75, 3.05) is 0 Å². The van der Waals surface area contributed by atoms with Crippen LogP contribution in [0.25, 0.3) is 0 Å². The van der Waals surface area contributed by atoms with Gasteiger partial charge in [0.25, 0.3) is 0 Å². The van der Waals surface area contributed by atoms with Crippen LogP contribution in [-0.4, -0.2) is 0 Å². The van der Waals surface area contributed by atoms with E-state index in [4.69, 9.17) is 0 Å². The van der Waals surface area contributed by atoms with Crippen LogP contribution in [-0.2, 0) is 19.6 Å². The average molecular weight is 437 g/mol. The predicted octanol–water partition coefficient (Wildman–Crippen LogP) is 5.86. The van der Waals surface area contributed by atoms with Gasteiger partial charge in [-0.3, -0.25) is 0 Å². The molecule has 0 amide bonds. The number of nitrogens with zero attached hydrogens (tertiary/aromatic N) is 3. The van der Waals surface area contributed by atoms with Gasteiger partial charge in [-0.2, -0.15) is 0 Å². The number of hydrogen-bond acceptors (Lipinski definition) is 0. The molecule has 0 aliphatic heterocycles. The minimum atomic E-state index is 1.13. The molecule has 0 aromatic carbocycles. The summed E-state index contributed by atoms with van der Waals surface area (Å²) in [6.07, 6.45) is 19.1. The number of aryl methyl sites for hydroxylation is 6. The summed E-state index contributed by atoms with van der Waals surface area (Å²) in [6.45, 7) is 16.4. The molecular weight excluding hydrogens is 390 g/mol. The monoisotopic (exact) mass is 436 g/mol. The summed E-state index contributed by atoms with van der Waals surface area (Å²) >= 11 is 0. The highest BCUT2D eigenvalue weighted by molar-refractivity contribution is 5.03. The maximum Gasteiger partial charge on any atom is 0.171 e. The van der Waals surface area contributed by atoms with Gasteiger partial charge in [0, 0.05) is 55.2 Å². The SMILES string of the molecule is CCCC[n+]1ccc(C)cc1.CCCC[n+]1cccc(C)c1.CCC[n+]1ccc(C)cc1. The highest BCUT2D eigenvalue weighted by atomic mass is 14.9. The van der Waals surface area contributed by atoms with Crippen molar-refractivity contribution in [3.05, 3.63) is 90.3 Å². The van der Waals surface area contributed by atoms with Crippen LogP contribution in [0.1, 0.15) is 69.6 Å². The average Bonchev–Trinajstić information content (AvgIpc) is 2.80. The first-order valence-corrected chi connectivity index (χ1v) is 12.4. The first-order chi connectivity index (χ1) is 15.5. The summed E-state index contributed by atoms with van der Waals surface area (Å²) in [5, 5.41) is 0. The van der Waals surface area contributed by atoms with E-state index in [1.165, 1.54) is 48.8 Å². The zero-order valence-electron chi connectivity index (χ0n) is 21.4. The van der Waals surface area contributed by atoms with Crippen LogP contribution < -0.4 is 13.7 Å². The molecule has 3 nitrogen and oxygen atoms in total. The van der Waals surface area contributed by atoms with Crippen molar-refractivity contribution in [1.82, 2.24) is 0 Å². The second kappa shape index (κ2) is 17.1. The maximum atomic E-state index is 2.25. The van der Waals surface area contributed by atoms with E-state index in [0.29, 0.717) is 0 Å². The van der Waals surface area contributed by atoms with E-state index in [1.807, 2.05) is 0 Å². The molecular formula is C29H46N3+3. The van der Waals surface area contributed by atoms with Crippen molar-refractivity contribution in [2.45, 2.75) is 93.3 Å². The van der Waals surface area contributed by atoms with Gasteiger partial charge in [-0.1, -0.05) is 33.6 Å². The van der Waals surface area contributed by atoms with Gasteiger partial charge in [-0.25, -0.2) is 13.7 Å². The molecule has 0 bridgehead atoms. The zero-order valence-corrected chi connectivity index (χ0v) is 21.4. The topological polar surface area (TPSA) is 11.6 Å². The lowest BCUT2D eigenvalue weighted by molar-refractivity contribution is -0.697. The van der Waals surface area contributed by atoms with Gasteiger partial charge >= 0.3 is 0 Å². The van der Waals surface area contributed by atoms with Crippen LogP contribution in [0, 0.1) is 20.8 Å². The van der Waals surface area contributed by atoms with Crippen molar-refractivity contribution < 1.29 is 13.7 Å². The third kappa shape index (κ3) is 13.0. The fourth-order valence-electron chi connectivity index (χ4n) is 3.09. The standard InChI is InChI=1S/2C10H16N.C9H14N/c1-3-4-7-11-8-5-10(2)6-9-11;1-3-4-7-11-8-5-6-10(2)9-11;1-3-6-10-7-4-9(2)5-8-10/h2*5-6,8-9H,3-4,7H2,1-2H3;4-5,7-8H,3,6H2,1-2H3/q3*+1. The summed E-state index contributed by atoms with van der Waals surface area (Å²) in [6, 6.07) is 12.8. The van der Waals surface area contributed by atoms with Gasteiger partial charge < -0.3 is 0 Å². The van der Waals surface area contributed by atoms with Crippen molar-refractivity contribution >= 4 is 0 Å². The molecule has 0 fully saturated rings. The van der Waals surface area contributed by atoms with Gasteiger partial charge in [0.05, 0.1) is 0 Å². The largest absolute Gasteiger partial charge is 0.205 e. The Morgan fingerprint density at radius 1 is 0.500 bits per heavy atom. The molecule has 3 aromatic rings. The molecule has 3 heteroatoms. The lowest BCUT2D eigenvalue weighted by Gasteiger charge is -1.94. The van der Waals surface area contributed by atoms with Gasteiger partial charge in [0.2, 0.25) is 0 Å². The smallest absolute Gasteiger partial charge is 0.171 e. The molecule has 3 aromatic heterocycles. The Morgan fingerprint density at radius 3 is 1.41 bits per heavy atom. The van der Waals surface area contributed by atoms with Gasteiger partial charge in [-0.15, -0.1) is 0 Å². The first kappa shape index (κ1) is 27.5. The molecule has 0 saturated heterocycles. The van der Waals surface area contributed by atoms with Crippen molar-refractivity contribution in [3.8, 4) is 0 Å². The molecule has 3 heterocycles.